The molecule has 0 atom stereocenters. The van der Waals surface area contributed by atoms with E-state index in [1.54, 1.807) is 0 Å². The first-order chi connectivity index (χ1) is 9.43. The smallest absolute Gasteiger partial charge is 0.278 e. The molecule has 2 aromatic rings. The molecule has 0 radical (unpaired) electrons. The van der Waals surface area contributed by atoms with Gasteiger partial charge in [-0.15, -0.1) is 0 Å². The molecule has 1 aromatic carbocycles. The third-order valence-corrected chi connectivity index (χ3v) is 2.95. The van der Waals surface area contributed by atoms with E-state index in [2.05, 4.69) is 15.5 Å². The lowest BCUT2D eigenvalue weighted by molar-refractivity contribution is 0.102. The second kappa shape index (κ2) is 5.28. The molecule has 0 saturated carbocycles. The van der Waals surface area contributed by atoms with Crippen molar-refractivity contribution in [3.05, 3.63) is 40.7 Å². The average molecular weight is 280 g/mol. The summed E-state index contributed by atoms with van der Waals surface area (Å²) < 4.78 is 27.0. The summed E-state index contributed by atoms with van der Waals surface area (Å²) in [4.78, 5) is 11.9. The summed E-state index contributed by atoms with van der Waals surface area (Å²) in [5.41, 5.74) is 6.43. The monoisotopic (exact) mass is 280 g/mol. The molecule has 20 heavy (non-hydrogen) atoms. The Morgan fingerprint density at radius 2 is 2.10 bits per heavy atom. The minimum atomic E-state index is -0.720. The fourth-order valence-electron chi connectivity index (χ4n) is 1.75. The maximum Gasteiger partial charge on any atom is 0.278 e. The maximum absolute atomic E-state index is 13.6. The number of aryl methyl sites for hydroxylation is 2. The summed E-state index contributed by atoms with van der Waals surface area (Å²) in [6.45, 7) is 3.28. The number of H-pyrrole nitrogens is 1. The number of aromatic amines is 1. The van der Waals surface area contributed by atoms with Gasteiger partial charge < -0.3 is 11.1 Å². The molecule has 1 aromatic heterocycles. The first-order valence-corrected chi connectivity index (χ1v) is 6.03. The van der Waals surface area contributed by atoms with E-state index < -0.39 is 17.5 Å². The lowest BCUT2D eigenvalue weighted by Crippen LogP contribution is -2.15. The van der Waals surface area contributed by atoms with Crippen LogP contribution in [-0.4, -0.2) is 16.1 Å². The van der Waals surface area contributed by atoms with Gasteiger partial charge in [-0.3, -0.25) is 9.89 Å². The number of nitrogens with two attached hydrogens (primary N) is 1. The molecule has 5 nitrogen and oxygen atoms in total. The largest absolute Gasteiger partial charge is 0.395 e. The Morgan fingerprint density at radius 3 is 2.70 bits per heavy atom. The van der Waals surface area contributed by atoms with Gasteiger partial charge in [-0.25, -0.2) is 8.78 Å². The van der Waals surface area contributed by atoms with Crippen molar-refractivity contribution in [3.8, 4) is 0 Å². The van der Waals surface area contributed by atoms with Crippen LogP contribution in [0.15, 0.2) is 12.1 Å². The number of hydrogen-bond donors (Lipinski definition) is 3. The number of anilines is 2. The number of hydrogen-bond acceptors (Lipinski definition) is 3. The highest BCUT2D eigenvalue weighted by atomic mass is 19.1. The summed E-state index contributed by atoms with van der Waals surface area (Å²) in [6.07, 6.45) is 0.583. The molecule has 0 unspecified atom stereocenters. The Balaban J connectivity index is 2.28. The number of nitrogens with one attached hydrogen (secondary N) is 2. The maximum atomic E-state index is 13.6. The van der Waals surface area contributed by atoms with Crippen molar-refractivity contribution in [1.29, 1.82) is 0 Å². The number of rotatable bonds is 3. The lowest BCUT2D eigenvalue weighted by Gasteiger charge is -2.07. The Kier molecular flexibility index (Phi) is 3.69. The van der Waals surface area contributed by atoms with Crippen molar-refractivity contribution >= 4 is 17.3 Å². The second-order valence-electron chi connectivity index (χ2n) is 4.35. The number of carbonyl (C=O) groups excluding carboxylic acids is 1. The highest BCUT2D eigenvalue weighted by Crippen LogP contribution is 2.21. The van der Waals surface area contributed by atoms with Crippen LogP contribution >= 0.6 is 0 Å². The van der Waals surface area contributed by atoms with Crippen molar-refractivity contribution in [3.63, 3.8) is 0 Å². The Labute approximate surface area is 114 Å². The van der Waals surface area contributed by atoms with E-state index in [4.69, 9.17) is 5.73 Å². The predicted octanol–water partition coefficient (Wildman–Crippen LogP) is 2.39. The third kappa shape index (κ3) is 2.47. The summed E-state index contributed by atoms with van der Waals surface area (Å²) >= 11 is 0. The zero-order valence-corrected chi connectivity index (χ0v) is 11.1. The van der Waals surface area contributed by atoms with Crippen LogP contribution in [0.3, 0.4) is 0 Å². The third-order valence-electron chi connectivity index (χ3n) is 2.95. The van der Waals surface area contributed by atoms with Gasteiger partial charge in [0.15, 0.2) is 5.69 Å². The average Bonchev–Trinajstić information content (AvgIpc) is 2.77. The highest BCUT2D eigenvalue weighted by Gasteiger charge is 2.18. The van der Waals surface area contributed by atoms with E-state index in [0.717, 1.165) is 12.1 Å². The standard InChI is InChI=1S/C13H14F2N4O/c1-3-9-11(16)12(19-18-9)13(20)17-10-5-7(14)6(2)4-8(10)15/h4-5H,3,16H2,1-2H3,(H,17,20)(H,18,19). The van der Waals surface area contributed by atoms with Gasteiger partial charge in [0.05, 0.1) is 17.1 Å². The molecule has 0 bridgehead atoms. The molecule has 1 heterocycles. The number of halogens is 2. The van der Waals surface area contributed by atoms with E-state index in [1.807, 2.05) is 6.92 Å². The fraction of sp³-hybridized carbons (Fsp3) is 0.231. The van der Waals surface area contributed by atoms with Crippen LogP contribution in [0.5, 0.6) is 0 Å². The van der Waals surface area contributed by atoms with Gasteiger partial charge in [-0.05, 0) is 25.0 Å². The number of benzene rings is 1. The number of nitrogens with zero attached hydrogens (tertiary/aromatic N) is 1. The molecular weight excluding hydrogens is 266 g/mol. The summed E-state index contributed by atoms with van der Waals surface area (Å²) in [6, 6.07) is 1.93. The van der Waals surface area contributed by atoms with Crippen LogP contribution in [0.4, 0.5) is 20.2 Å². The quantitative estimate of drug-likeness (QED) is 0.807. The molecule has 106 valence electrons. The molecule has 0 aliphatic heterocycles. The molecule has 2 rings (SSSR count). The first-order valence-electron chi connectivity index (χ1n) is 6.03. The van der Waals surface area contributed by atoms with Crippen molar-refractivity contribution in [2.75, 3.05) is 11.1 Å². The summed E-state index contributed by atoms with van der Waals surface area (Å²) in [7, 11) is 0. The molecule has 0 aliphatic carbocycles. The number of aromatic nitrogens is 2. The minimum absolute atomic E-state index is 0.0396. The highest BCUT2D eigenvalue weighted by molar-refractivity contribution is 6.06. The van der Waals surface area contributed by atoms with Crippen LogP contribution in [0, 0.1) is 18.6 Å². The molecular formula is C13H14F2N4O. The molecule has 4 N–H and O–H groups in total. The number of carbonyl (C=O) groups is 1. The SMILES string of the molecule is CCc1[nH]nc(C(=O)Nc2cc(F)c(C)cc2F)c1N. The number of nitrogen functional groups attached to an aromatic ring is 1. The fourth-order valence-corrected chi connectivity index (χ4v) is 1.75. The Hall–Kier alpha value is -2.44. The van der Waals surface area contributed by atoms with Crippen molar-refractivity contribution in [2.45, 2.75) is 20.3 Å². The van der Waals surface area contributed by atoms with Crippen LogP contribution in [0.25, 0.3) is 0 Å². The van der Waals surface area contributed by atoms with Gasteiger partial charge in [0.25, 0.3) is 5.91 Å². The van der Waals surface area contributed by atoms with Crippen LogP contribution in [-0.2, 0) is 6.42 Å². The van der Waals surface area contributed by atoms with Gasteiger partial charge in [0, 0.05) is 6.07 Å². The Bertz CT molecular complexity index is 667. The number of amides is 1. The van der Waals surface area contributed by atoms with Gasteiger partial charge in [-0.2, -0.15) is 5.10 Å². The molecule has 0 saturated heterocycles. The van der Waals surface area contributed by atoms with E-state index in [1.165, 1.54) is 6.92 Å². The topological polar surface area (TPSA) is 83.8 Å². The Morgan fingerprint density at radius 1 is 1.40 bits per heavy atom. The summed E-state index contributed by atoms with van der Waals surface area (Å²) in [5.74, 6) is -2.02. The van der Waals surface area contributed by atoms with E-state index in [9.17, 15) is 13.6 Å². The van der Waals surface area contributed by atoms with Gasteiger partial charge in [-0.1, -0.05) is 6.92 Å². The molecule has 0 spiro atoms. The van der Waals surface area contributed by atoms with Crippen LogP contribution in [0.1, 0.15) is 28.7 Å². The zero-order valence-electron chi connectivity index (χ0n) is 11.1. The lowest BCUT2D eigenvalue weighted by atomic mass is 10.2. The van der Waals surface area contributed by atoms with Crippen molar-refractivity contribution in [2.24, 2.45) is 0 Å². The summed E-state index contributed by atoms with van der Waals surface area (Å²) in [5, 5.41) is 8.65. The van der Waals surface area contributed by atoms with Crippen molar-refractivity contribution in [1.82, 2.24) is 10.2 Å². The van der Waals surface area contributed by atoms with Gasteiger partial charge in [0.2, 0.25) is 0 Å². The minimum Gasteiger partial charge on any atom is -0.395 e. The van der Waals surface area contributed by atoms with E-state index in [0.29, 0.717) is 12.1 Å². The zero-order chi connectivity index (χ0) is 14.9. The molecule has 0 fully saturated rings. The van der Waals surface area contributed by atoms with E-state index in [-0.39, 0.29) is 22.6 Å². The van der Waals surface area contributed by atoms with Gasteiger partial charge >= 0.3 is 0 Å². The molecule has 7 heteroatoms. The van der Waals surface area contributed by atoms with Crippen molar-refractivity contribution < 1.29 is 13.6 Å². The van der Waals surface area contributed by atoms with E-state index >= 15 is 0 Å². The molecule has 1 amide bonds. The first kappa shape index (κ1) is 14.0. The van der Waals surface area contributed by atoms with Crippen LogP contribution < -0.4 is 11.1 Å². The second-order valence-corrected chi connectivity index (χ2v) is 4.35. The van der Waals surface area contributed by atoms with Crippen LogP contribution in [0.2, 0.25) is 0 Å². The van der Waals surface area contributed by atoms with Gasteiger partial charge in [0.1, 0.15) is 11.6 Å². The predicted molar refractivity (Wildman–Crippen MR) is 71.4 cm³/mol. The normalized spacial score (nSPS) is 10.6. The molecule has 0 aliphatic rings.